The molecule has 0 fully saturated rings. The fourth-order valence-corrected chi connectivity index (χ4v) is 2.40. The lowest BCUT2D eigenvalue weighted by Crippen LogP contribution is -2.40. The van der Waals surface area contributed by atoms with Crippen LogP contribution in [0, 0.1) is 0 Å². The first-order chi connectivity index (χ1) is 12.0. The number of rotatable bonds is 7. The lowest BCUT2D eigenvalue weighted by molar-refractivity contribution is -0.122. The largest absolute Gasteiger partial charge is 0.450 e. The molecule has 2 N–H and O–H groups in total. The Balaban J connectivity index is 1.99. The lowest BCUT2D eigenvalue weighted by atomic mass is 10.2. The van der Waals surface area contributed by atoms with E-state index in [1.807, 2.05) is 37.3 Å². The number of benzene rings is 1. The summed E-state index contributed by atoms with van der Waals surface area (Å²) in [5, 5.41) is 2.89. The molecule has 0 radical (unpaired) electrons. The van der Waals surface area contributed by atoms with Crippen molar-refractivity contribution < 1.29 is 14.3 Å². The number of H-pyrrole nitrogens is 1. The van der Waals surface area contributed by atoms with E-state index in [0.29, 0.717) is 12.2 Å². The third-order valence-corrected chi connectivity index (χ3v) is 3.71. The van der Waals surface area contributed by atoms with Crippen molar-refractivity contribution in [2.24, 2.45) is 0 Å². The predicted molar refractivity (Wildman–Crippen MR) is 94.9 cm³/mol. The third-order valence-electron chi connectivity index (χ3n) is 3.71. The number of aromatic amines is 1. The topological polar surface area (TPSA) is 87.3 Å². The molecule has 7 heteroatoms. The minimum atomic E-state index is -0.518. The van der Waals surface area contributed by atoms with Crippen molar-refractivity contribution in [3.05, 3.63) is 42.4 Å². The first kappa shape index (κ1) is 18.5. The third kappa shape index (κ3) is 5.07. The van der Waals surface area contributed by atoms with Crippen LogP contribution in [0.15, 0.2) is 36.5 Å². The normalized spacial score (nSPS) is 11.6. The predicted octanol–water partition coefficient (Wildman–Crippen LogP) is 2.73. The van der Waals surface area contributed by atoms with E-state index in [-0.39, 0.29) is 25.1 Å². The van der Waals surface area contributed by atoms with Gasteiger partial charge >= 0.3 is 6.09 Å². The molecular weight excluding hydrogens is 320 g/mol. The molecule has 0 spiro atoms. The van der Waals surface area contributed by atoms with Gasteiger partial charge in [0.15, 0.2) is 0 Å². The van der Waals surface area contributed by atoms with Crippen LogP contribution in [0.25, 0.3) is 11.3 Å². The lowest BCUT2D eigenvalue weighted by Gasteiger charge is -2.19. The number of carbonyl (C=O) groups is 2. The van der Waals surface area contributed by atoms with E-state index in [4.69, 9.17) is 4.74 Å². The molecule has 0 bridgehead atoms. The molecule has 2 aromatic rings. The zero-order valence-electron chi connectivity index (χ0n) is 14.8. The maximum Gasteiger partial charge on any atom is 0.409 e. The highest BCUT2D eigenvalue weighted by molar-refractivity contribution is 5.82. The van der Waals surface area contributed by atoms with Gasteiger partial charge in [-0.05, 0) is 18.9 Å². The first-order valence-corrected chi connectivity index (χ1v) is 8.32. The van der Waals surface area contributed by atoms with E-state index in [1.165, 1.54) is 11.9 Å². The number of carbonyl (C=O) groups excluding carboxylic acids is 2. The van der Waals surface area contributed by atoms with Crippen molar-refractivity contribution in [3.8, 4) is 11.3 Å². The minimum Gasteiger partial charge on any atom is -0.450 e. The van der Waals surface area contributed by atoms with Gasteiger partial charge in [-0.25, -0.2) is 9.78 Å². The number of amides is 2. The van der Waals surface area contributed by atoms with Gasteiger partial charge in [0.2, 0.25) is 5.91 Å². The smallest absolute Gasteiger partial charge is 0.409 e. The number of imidazole rings is 1. The fraction of sp³-hybridized carbons (Fsp3) is 0.389. The summed E-state index contributed by atoms with van der Waals surface area (Å²) in [7, 11) is 1.53. The average molecular weight is 344 g/mol. The Kier molecular flexibility index (Phi) is 6.56. The van der Waals surface area contributed by atoms with Gasteiger partial charge < -0.3 is 19.9 Å². The van der Waals surface area contributed by atoms with Crippen molar-refractivity contribution in [2.45, 2.75) is 26.3 Å². The molecule has 1 atom stereocenters. The van der Waals surface area contributed by atoms with Gasteiger partial charge in [0.1, 0.15) is 12.4 Å². The number of aromatic nitrogens is 2. The summed E-state index contributed by atoms with van der Waals surface area (Å²) in [5.74, 6) is 0.425. The number of nitrogens with one attached hydrogen (secondary N) is 2. The average Bonchev–Trinajstić information content (AvgIpc) is 3.10. The van der Waals surface area contributed by atoms with Gasteiger partial charge in [-0.1, -0.05) is 37.3 Å². The minimum absolute atomic E-state index is 0.0679. The van der Waals surface area contributed by atoms with Crippen molar-refractivity contribution in [2.75, 3.05) is 20.2 Å². The number of hydrogen-bond donors (Lipinski definition) is 2. The first-order valence-electron chi connectivity index (χ1n) is 8.32. The summed E-state index contributed by atoms with van der Waals surface area (Å²) in [6, 6.07) is 9.60. The van der Waals surface area contributed by atoms with Gasteiger partial charge in [-0.2, -0.15) is 0 Å². The highest BCUT2D eigenvalue weighted by Crippen LogP contribution is 2.20. The van der Waals surface area contributed by atoms with E-state index < -0.39 is 6.09 Å². The number of likely N-dealkylation sites (N-methyl/N-ethyl adjacent to an activating group) is 1. The number of nitrogens with zero attached hydrogens (tertiary/aromatic N) is 2. The quantitative estimate of drug-likeness (QED) is 0.808. The Morgan fingerprint density at radius 1 is 1.28 bits per heavy atom. The Bertz CT molecular complexity index is 699. The molecular formula is C18H24N4O3. The van der Waals surface area contributed by atoms with Crippen LogP contribution in [-0.2, 0) is 9.53 Å². The zero-order chi connectivity index (χ0) is 18.2. The van der Waals surface area contributed by atoms with Crippen molar-refractivity contribution >= 4 is 12.0 Å². The van der Waals surface area contributed by atoms with Gasteiger partial charge in [0, 0.05) is 7.05 Å². The summed E-state index contributed by atoms with van der Waals surface area (Å²) >= 11 is 0. The fourth-order valence-electron chi connectivity index (χ4n) is 2.40. The SMILES string of the molecule is CCOC(=O)N(C)CC(=O)N[C@@H](CC)c1ncc(-c2ccccc2)[nH]1. The van der Waals surface area contributed by atoms with Gasteiger partial charge in [0.25, 0.3) is 0 Å². The molecule has 0 aliphatic carbocycles. The molecule has 0 aliphatic rings. The van der Waals surface area contributed by atoms with E-state index in [1.54, 1.807) is 13.1 Å². The van der Waals surface area contributed by atoms with Crippen LogP contribution < -0.4 is 5.32 Å². The molecule has 0 saturated carbocycles. The Morgan fingerprint density at radius 2 is 2.00 bits per heavy atom. The molecule has 2 rings (SSSR count). The maximum atomic E-state index is 12.2. The van der Waals surface area contributed by atoms with Crippen LogP contribution in [0.3, 0.4) is 0 Å². The van der Waals surface area contributed by atoms with Gasteiger partial charge in [0.05, 0.1) is 24.5 Å². The van der Waals surface area contributed by atoms with Crippen LogP contribution in [0.2, 0.25) is 0 Å². The molecule has 1 aromatic heterocycles. The molecule has 1 heterocycles. The monoisotopic (exact) mass is 344 g/mol. The van der Waals surface area contributed by atoms with E-state index in [2.05, 4.69) is 15.3 Å². The van der Waals surface area contributed by atoms with Crippen molar-refractivity contribution in [1.29, 1.82) is 0 Å². The maximum absolute atomic E-state index is 12.2. The number of ether oxygens (including phenoxy) is 1. The van der Waals surface area contributed by atoms with Crippen LogP contribution >= 0.6 is 0 Å². The molecule has 7 nitrogen and oxygen atoms in total. The Hall–Kier alpha value is -2.83. The zero-order valence-corrected chi connectivity index (χ0v) is 14.8. The van der Waals surface area contributed by atoms with Gasteiger partial charge in [-0.3, -0.25) is 4.79 Å². The summed E-state index contributed by atoms with van der Waals surface area (Å²) in [5.41, 5.74) is 1.93. The number of hydrogen-bond acceptors (Lipinski definition) is 4. The van der Waals surface area contributed by atoms with Gasteiger partial charge in [-0.15, -0.1) is 0 Å². The van der Waals surface area contributed by atoms with Crippen LogP contribution in [0.1, 0.15) is 32.1 Å². The molecule has 0 saturated heterocycles. The van der Waals surface area contributed by atoms with Crippen molar-refractivity contribution in [1.82, 2.24) is 20.2 Å². The summed E-state index contributed by atoms with van der Waals surface area (Å²) in [6.45, 7) is 3.89. The second kappa shape index (κ2) is 8.86. The molecule has 134 valence electrons. The van der Waals surface area contributed by atoms with Crippen molar-refractivity contribution in [3.63, 3.8) is 0 Å². The molecule has 0 unspecified atom stereocenters. The van der Waals surface area contributed by atoms with Crippen LogP contribution in [0.5, 0.6) is 0 Å². The molecule has 25 heavy (non-hydrogen) atoms. The Morgan fingerprint density at radius 3 is 2.64 bits per heavy atom. The molecule has 1 aromatic carbocycles. The molecule has 2 amide bonds. The van der Waals surface area contributed by atoms with Crippen LogP contribution in [0.4, 0.5) is 4.79 Å². The van der Waals surface area contributed by atoms with E-state index in [0.717, 1.165) is 11.3 Å². The summed E-state index contributed by atoms with van der Waals surface area (Å²) < 4.78 is 4.86. The Labute approximate surface area is 147 Å². The highest BCUT2D eigenvalue weighted by Gasteiger charge is 2.19. The standard InChI is InChI=1S/C18H24N4O3/c1-4-14(20-16(23)12-22(3)18(24)25-5-2)17-19-11-15(21-17)13-9-7-6-8-10-13/h6-11,14H,4-5,12H2,1-3H3,(H,19,21)(H,20,23)/t14-/m0/s1. The second-order valence-electron chi connectivity index (χ2n) is 5.63. The molecule has 0 aliphatic heterocycles. The van der Waals surface area contributed by atoms with Crippen LogP contribution in [-0.4, -0.2) is 47.1 Å². The highest BCUT2D eigenvalue weighted by atomic mass is 16.6. The summed E-state index contributed by atoms with van der Waals surface area (Å²) in [4.78, 5) is 32.6. The van der Waals surface area contributed by atoms with E-state index in [9.17, 15) is 9.59 Å². The summed E-state index contributed by atoms with van der Waals surface area (Å²) in [6.07, 6.45) is 1.91. The second-order valence-corrected chi connectivity index (χ2v) is 5.63. The van der Waals surface area contributed by atoms with E-state index >= 15 is 0 Å².